The molecule has 0 aliphatic rings. The summed E-state index contributed by atoms with van der Waals surface area (Å²) in [5.74, 6) is 0. The summed E-state index contributed by atoms with van der Waals surface area (Å²) in [5.41, 5.74) is 2.07. The maximum Gasteiger partial charge on any atom is 0.0940 e. The molecule has 0 aromatic heterocycles. The summed E-state index contributed by atoms with van der Waals surface area (Å²) in [6.07, 6.45) is 1.47. The lowest BCUT2D eigenvalue weighted by molar-refractivity contribution is -0.178. The molecule has 0 saturated carbocycles. The number of aliphatic hydroxyl groups excluding tert-OH is 2. The van der Waals surface area contributed by atoms with E-state index in [1.807, 2.05) is 0 Å². The molecular weight excluding hydrogens is 174 g/mol. The highest BCUT2D eigenvalue weighted by Gasteiger charge is 1.83. The maximum atomic E-state index is 8.15. The molecule has 0 aromatic carbocycles. The van der Waals surface area contributed by atoms with Crippen molar-refractivity contribution in [3.63, 3.8) is 0 Å². The SMILES string of the molecule is CCl.OCCONOCCO. The molecule has 0 radical (unpaired) electrons. The minimum atomic E-state index is -0.0600. The second kappa shape index (κ2) is 16.6. The van der Waals surface area contributed by atoms with Crippen molar-refractivity contribution in [2.45, 2.75) is 0 Å². The van der Waals surface area contributed by atoms with Gasteiger partial charge < -0.3 is 10.2 Å². The summed E-state index contributed by atoms with van der Waals surface area (Å²) in [4.78, 5) is 8.90. The zero-order valence-corrected chi connectivity index (χ0v) is 7.17. The van der Waals surface area contributed by atoms with Gasteiger partial charge in [-0.15, -0.1) is 11.6 Å². The first-order chi connectivity index (χ1) is 5.41. The second-order valence-electron chi connectivity index (χ2n) is 1.23. The number of hydrogen-bond donors (Lipinski definition) is 3. The normalized spacial score (nSPS) is 8.73. The minimum Gasteiger partial charge on any atom is -0.394 e. The highest BCUT2D eigenvalue weighted by molar-refractivity contribution is 6.15. The van der Waals surface area contributed by atoms with Crippen molar-refractivity contribution in [1.29, 1.82) is 0 Å². The van der Waals surface area contributed by atoms with Gasteiger partial charge >= 0.3 is 0 Å². The van der Waals surface area contributed by atoms with Gasteiger partial charge in [-0.2, -0.15) is 0 Å². The van der Waals surface area contributed by atoms with Gasteiger partial charge in [0.2, 0.25) is 0 Å². The number of alkyl halides is 1. The lowest BCUT2D eigenvalue weighted by Crippen LogP contribution is -2.19. The Morgan fingerprint density at radius 2 is 1.45 bits per heavy atom. The Morgan fingerprint density at radius 3 is 1.73 bits per heavy atom. The fraction of sp³-hybridized carbons (Fsp3) is 1.00. The molecule has 0 fully saturated rings. The van der Waals surface area contributed by atoms with Crippen LogP contribution in [-0.4, -0.2) is 43.0 Å². The predicted molar refractivity (Wildman–Crippen MR) is 41.0 cm³/mol. The molecule has 0 aliphatic carbocycles. The number of rotatable bonds is 6. The molecule has 6 heteroatoms. The molecule has 0 bridgehead atoms. The molecule has 0 amide bonds. The van der Waals surface area contributed by atoms with E-state index in [1.165, 1.54) is 6.38 Å². The highest BCUT2D eigenvalue weighted by atomic mass is 35.5. The van der Waals surface area contributed by atoms with Crippen molar-refractivity contribution in [2.75, 3.05) is 32.8 Å². The third-order valence-electron chi connectivity index (χ3n) is 0.505. The summed E-state index contributed by atoms with van der Waals surface area (Å²) in [5, 5.41) is 16.3. The van der Waals surface area contributed by atoms with Gasteiger partial charge in [-0.05, 0) is 0 Å². The number of halogens is 1. The molecule has 70 valence electrons. The molecule has 0 spiro atoms. The predicted octanol–water partition coefficient (Wildman–Crippen LogP) is -0.721. The third kappa shape index (κ3) is 17.8. The Balaban J connectivity index is 0. The van der Waals surface area contributed by atoms with E-state index in [9.17, 15) is 0 Å². The first-order valence-electron chi connectivity index (χ1n) is 3.00. The topological polar surface area (TPSA) is 71.0 Å². The lowest BCUT2D eigenvalue weighted by Gasteiger charge is -2.01. The van der Waals surface area contributed by atoms with E-state index < -0.39 is 0 Å². The lowest BCUT2D eigenvalue weighted by atomic mass is 10.8. The van der Waals surface area contributed by atoms with Gasteiger partial charge in [0, 0.05) is 6.38 Å². The minimum absolute atomic E-state index is 0.0600. The van der Waals surface area contributed by atoms with Gasteiger partial charge in [0.25, 0.3) is 0 Å². The Morgan fingerprint density at radius 1 is 1.09 bits per heavy atom. The monoisotopic (exact) mass is 187 g/mol. The van der Waals surface area contributed by atoms with Crippen LogP contribution in [0, 0.1) is 0 Å². The van der Waals surface area contributed by atoms with Gasteiger partial charge in [0.05, 0.1) is 26.4 Å². The molecule has 0 atom stereocenters. The summed E-state index contributed by atoms with van der Waals surface area (Å²) >= 11 is 4.64. The van der Waals surface area contributed by atoms with Gasteiger partial charge in [0.15, 0.2) is 0 Å². The van der Waals surface area contributed by atoms with Crippen LogP contribution in [0.1, 0.15) is 0 Å². The molecule has 0 aromatic rings. The van der Waals surface area contributed by atoms with Gasteiger partial charge in [-0.25, -0.2) is 0 Å². The molecule has 5 nitrogen and oxygen atoms in total. The zero-order chi connectivity index (χ0) is 8.95. The van der Waals surface area contributed by atoms with Crippen LogP contribution in [0.15, 0.2) is 0 Å². The van der Waals surface area contributed by atoms with Crippen LogP contribution in [0.5, 0.6) is 0 Å². The number of hydrogen-bond acceptors (Lipinski definition) is 5. The standard InChI is InChI=1S/C4H11NO4.CH3Cl/c6-1-3-8-5-9-4-2-7;1-2/h5-7H,1-4H2;1H3. The summed E-state index contributed by atoms with van der Waals surface area (Å²) in [6.45, 7) is 0.224. The number of aliphatic hydroxyl groups is 2. The average Bonchev–Trinajstić information content (AvgIpc) is 2.08. The molecule has 0 saturated heterocycles. The van der Waals surface area contributed by atoms with Crippen LogP contribution in [-0.2, 0) is 9.68 Å². The van der Waals surface area contributed by atoms with Crippen molar-refractivity contribution in [1.82, 2.24) is 5.64 Å². The van der Waals surface area contributed by atoms with E-state index in [0.717, 1.165) is 0 Å². The van der Waals surface area contributed by atoms with E-state index in [-0.39, 0.29) is 26.4 Å². The van der Waals surface area contributed by atoms with Crippen molar-refractivity contribution in [2.24, 2.45) is 0 Å². The Labute approximate surface area is 70.8 Å². The van der Waals surface area contributed by atoms with Crippen molar-refractivity contribution >= 4 is 11.6 Å². The Bertz CT molecular complexity index is 51.7. The van der Waals surface area contributed by atoms with E-state index in [2.05, 4.69) is 26.9 Å². The van der Waals surface area contributed by atoms with E-state index in [4.69, 9.17) is 10.2 Å². The molecule has 11 heavy (non-hydrogen) atoms. The summed E-state index contributed by atoms with van der Waals surface area (Å²) in [6, 6.07) is 0. The van der Waals surface area contributed by atoms with Gasteiger partial charge in [-0.3, -0.25) is 9.68 Å². The van der Waals surface area contributed by atoms with Crippen LogP contribution in [0.25, 0.3) is 0 Å². The van der Waals surface area contributed by atoms with Crippen LogP contribution in [0.3, 0.4) is 0 Å². The molecule has 0 unspecified atom stereocenters. The molecule has 3 N–H and O–H groups in total. The molecule has 0 rings (SSSR count). The van der Waals surface area contributed by atoms with E-state index in [0.29, 0.717) is 0 Å². The maximum absolute atomic E-state index is 8.15. The molecule has 0 aliphatic heterocycles. The Kier molecular flexibility index (Phi) is 20.6. The van der Waals surface area contributed by atoms with Gasteiger partial charge in [-0.1, -0.05) is 5.64 Å². The van der Waals surface area contributed by atoms with Crippen molar-refractivity contribution < 1.29 is 19.9 Å². The fourth-order valence-corrected chi connectivity index (χ4v) is 0.216. The second-order valence-corrected chi connectivity index (χ2v) is 1.23. The third-order valence-corrected chi connectivity index (χ3v) is 0.505. The number of nitrogens with one attached hydrogen (secondary N) is 1. The zero-order valence-electron chi connectivity index (χ0n) is 6.42. The van der Waals surface area contributed by atoms with Crippen molar-refractivity contribution in [3.8, 4) is 0 Å². The quantitative estimate of drug-likeness (QED) is 0.291. The van der Waals surface area contributed by atoms with Crippen LogP contribution in [0.4, 0.5) is 0 Å². The smallest absolute Gasteiger partial charge is 0.0940 e. The fourth-order valence-electron chi connectivity index (χ4n) is 0.216. The summed E-state index contributed by atoms with van der Waals surface area (Å²) < 4.78 is 0. The first-order valence-corrected chi connectivity index (χ1v) is 3.75. The van der Waals surface area contributed by atoms with Crippen LogP contribution >= 0.6 is 11.6 Å². The first kappa shape index (κ1) is 13.7. The summed E-state index contributed by atoms with van der Waals surface area (Å²) in [7, 11) is 0. The average molecular weight is 188 g/mol. The largest absolute Gasteiger partial charge is 0.394 e. The van der Waals surface area contributed by atoms with Crippen LogP contribution < -0.4 is 5.64 Å². The van der Waals surface area contributed by atoms with Crippen LogP contribution in [0.2, 0.25) is 0 Å². The van der Waals surface area contributed by atoms with Gasteiger partial charge in [0.1, 0.15) is 0 Å². The molecular formula is C5H14ClNO4. The van der Waals surface area contributed by atoms with E-state index >= 15 is 0 Å². The van der Waals surface area contributed by atoms with Crippen molar-refractivity contribution in [3.05, 3.63) is 0 Å². The highest BCUT2D eigenvalue weighted by Crippen LogP contribution is 1.67. The Hall–Kier alpha value is 0.0900. The molecule has 0 heterocycles. The van der Waals surface area contributed by atoms with E-state index in [1.54, 1.807) is 0 Å².